The number of aryl methyl sites for hydroxylation is 1. The van der Waals surface area contributed by atoms with E-state index in [4.69, 9.17) is 11.6 Å². The van der Waals surface area contributed by atoms with Crippen LogP contribution in [0.4, 0.5) is 10.1 Å². The Morgan fingerprint density at radius 1 is 1.38 bits per heavy atom. The zero-order valence-corrected chi connectivity index (χ0v) is 10.3. The highest BCUT2D eigenvalue weighted by Crippen LogP contribution is 2.24. The van der Waals surface area contributed by atoms with Crippen molar-refractivity contribution in [1.29, 1.82) is 0 Å². The molecule has 0 saturated heterocycles. The van der Waals surface area contributed by atoms with Gasteiger partial charge in [0.1, 0.15) is 5.82 Å². The lowest BCUT2D eigenvalue weighted by molar-refractivity contribution is 0.628. The smallest absolute Gasteiger partial charge is 0.124 e. The number of halogens is 2. The SMILES string of the molecule is Cc1ccsc1CNc1ccc(F)cc1Cl. The Hall–Kier alpha value is -1.06. The molecule has 1 aromatic heterocycles. The van der Waals surface area contributed by atoms with Gasteiger partial charge in [0.25, 0.3) is 0 Å². The number of thiophene rings is 1. The molecule has 0 bridgehead atoms. The van der Waals surface area contributed by atoms with Crippen LogP contribution in [-0.2, 0) is 6.54 Å². The minimum absolute atomic E-state index is 0.317. The summed E-state index contributed by atoms with van der Waals surface area (Å²) >= 11 is 7.61. The number of benzene rings is 1. The van der Waals surface area contributed by atoms with Crippen molar-refractivity contribution < 1.29 is 4.39 Å². The van der Waals surface area contributed by atoms with E-state index >= 15 is 0 Å². The molecule has 0 aliphatic rings. The van der Waals surface area contributed by atoms with E-state index in [1.165, 1.54) is 22.6 Å². The number of anilines is 1. The molecule has 1 N–H and O–H groups in total. The van der Waals surface area contributed by atoms with Crippen molar-refractivity contribution in [3.05, 3.63) is 50.9 Å². The molecule has 2 rings (SSSR count). The summed E-state index contributed by atoms with van der Waals surface area (Å²) in [5.41, 5.74) is 2.02. The number of nitrogens with one attached hydrogen (secondary N) is 1. The monoisotopic (exact) mass is 255 g/mol. The first-order valence-corrected chi connectivity index (χ1v) is 6.14. The highest BCUT2D eigenvalue weighted by molar-refractivity contribution is 7.10. The van der Waals surface area contributed by atoms with Gasteiger partial charge in [0.2, 0.25) is 0 Å². The van der Waals surface area contributed by atoms with E-state index in [1.807, 2.05) is 0 Å². The Labute approximate surface area is 103 Å². The van der Waals surface area contributed by atoms with Crippen LogP contribution in [0.3, 0.4) is 0 Å². The molecule has 1 aromatic carbocycles. The summed E-state index contributed by atoms with van der Waals surface area (Å²) in [6, 6.07) is 6.44. The van der Waals surface area contributed by atoms with E-state index in [2.05, 4.69) is 23.7 Å². The van der Waals surface area contributed by atoms with E-state index < -0.39 is 0 Å². The first-order valence-electron chi connectivity index (χ1n) is 4.88. The molecule has 2 aromatic rings. The molecule has 0 amide bonds. The van der Waals surface area contributed by atoms with Crippen molar-refractivity contribution in [1.82, 2.24) is 0 Å². The van der Waals surface area contributed by atoms with Crippen molar-refractivity contribution in [3.8, 4) is 0 Å². The molecule has 0 radical (unpaired) electrons. The van der Waals surface area contributed by atoms with E-state index in [0.29, 0.717) is 5.02 Å². The summed E-state index contributed by atoms with van der Waals surface area (Å²) < 4.78 is 12.8. The van der Waals surface area contributed by atoms with Gasteiger partial charge in [-0.25, -0.2) is 4.39 Å². The fraction of sp³-hybridized carbons (Fsp3) is 0.167. The zero-order chi connectivity index (χ0) is 11.5. The van der Waals surface area contributed by atoms with Gasteiger partial charge in [0.15, 0.2) is 0 Å². The summed E-state index contributed by atoms with van der Waals surface area (Å²) in [5, 5.41) is 5.66. The predicted octanol–water partition coefficient (Wildman–Crippen LogP) is 4.46. The fourth-order valence-corrected chi connectivity index (χ4v) is 2.47. The summed E-state index contributed by atoms with van der Waals surface area (Å²) in [7, 11) is 0. The van der Waals surface area contributed by atoms with Gasteiger partial charge in [-0.15, -0.1) is 11.3 Å². The van der Waals surface area contributed by atoms with Crippen molar-refractivity contribution in [2.24, 2.45) is 0 Å². The lowest BCUT2D eigenvalue weighted by Gasteiger charge is -2.07. The number of hydrogen-bond acceptors (Lipinski definition) is 2. The lowest BCUT2D eigenvalue weighted by atomic mass is 10.2. The predicted molar refractivity (Wildman–Crippen MR) is 67.8 cm³/mol. The molecular formula is C12H11ClFNS. The van der Waals surface area contributed by atoms with Crippen LogP contribution in [0.25, 0.3) is 0 Å². The van der Waals surface area contributed by atoms with Crippen LogP contribution >= 0.6 is 22.9 Å². The average Bonchev–Trinajstić information content (AvgIpc) is 2.63. The first kappa shape index (κ1) is 11.4. The minimum Gasteiger partial charge on any atom is -0.379 e. The van der Waals surface area contributed by atoms with Gasteiger partial charge in [-0.05, 0) is 42.1 Å². The van der Waals surface area contributed by atoms with Crippen molar-refractivity contribution in [2.75, 3.05) is 5.32 Å². The molecule has 0 aliphatic carbocycles. The maximum atomic E-state index is 12.8. The lowest BCUT2D eigenvalue weighted by Crippen LogP contribution is -1.99. The largest absolute Gasteiger partial charge is 0.379 e. The molecule has 0 aliphatic heterocycles. The standard InChI is InChI=1S/C12H11ClFNS/c1-8-4-5-16-12(8)7-15-11-3-2-9(14)6-10(11)13/h2-6,15H,7H2,1H3. The molecule has 84 valence electrons. The minimum atomic E-state index is -0.317. The maximum Gasteiger partial charge on any atom is 0.124 e. The highest BCUT2D eigenvalue weighted by Gasteiger charge is 2.03. The normalized spacial score (nSPS) is 10.4. The molecule has 0 saturated carbocycles. The van der Waals surface area contributed by atoms with Crippen LogP contribution in [0.5, 0.6) is 0 Å². The summed E-state index contributed by atoms with van der Waals surface area (Å²) in [4.78, 5) is 1.26. The van der Waals surface area contributed by atoms with Gasteiger partial charge in [0.05, 0.1) is 10.7 Å². The van der Waals surface area contributed by atoms with Crippen LogP contribution in [-0.4, -0.2) is 0 Å². The van der Waals surface area contributed by atoms with Crippen LogP contribution in [0.1, 0.15) is 10.4 Å². The third kappa shape index (κ3) is 2.54. The quantitative estimate of drug-likeness (QED) is 0.854. The highest BCUT2D eigenvalue weighted by atomic mass is 35.5. The maximum absolute atomic E-state index is 12.8. The van der Waals surface area contributed by atoms with E-state index in [1.54, 1.807) is 17.4 Å². The Morgan fingerprint density at radius 3 is 2.81 bits per heavy atom. The van der Waals surface area contributed by atoms with Gasteiger partial charge < -0.3 is 5.32 Å². The van der Waals surface area contributed by atoms with Gasteiger partial charge in [-0.1, -0.05) is 11.6 Å². The molecule has 4 heteroatoms. The zero-order valence-electron chi connectivity index (χ0n) is 8.76. The first-order chi connectivity index (χ1) is 7.66. The number of rotatable bonds is 3. The molecule has 0 spiro atoms. The Morgan fingerprint density at radius 2 is 2.19 bits per heavy atom. The van der Waals surface area contributed by atoms with Crippen molar-refractivity contribution in [2.45, 2.75) is 13.5 Å². The van der Waals surface area contributed by atoms with Crippen LogP contribution in [0.15, 0.2) is 29.6 Å². The second-order valence-electron chi connectivity index (χ2n) is 3.50. The van der Waals surface area contributed by atoms with Crippen molar-refractivity contribution >= 4 is 28.6 Å². The topological polar surface area (TPSA) is 12.0 Å². The summed E-state index contributed by atoms with van der Waals surface area (Å²) in [6.07, 6.45) is 0. The van der Waals surface area contributed by atoms with Gasteiger partial charge >= 0.3 is 0 Å². The van der Waals surface area contributed by atoms with Gasteiger partial charge in [-0.3, -0.25) is 0 Å². The number of hydrogen-bond donors (Lipinski definition) is 1. The average molecular weight is 256 g/mol. The molecule has 1 heterocycles. The molecule has 1 nitrogen and oxygen atoms in total. The fourth-order valence-electron chi connectivity index (χ4n) is 1.39. The Balaban J connectivity index is 2.08. The molecule has 16 heavy (non-hydrogen) atoms. The van der Waals surface area contributed by atoms with Crippen LogP contribution < -0.4 is 5.32 Å². The molecule has 0 fully saturated rings. The second kappa shape index (κ2) is 4.85. The summed E-state index contributed by atoms with van der Waals surface area (Å²) in [6.45, 7) is 2.79. The van der Waals surface area contributed by atoms with E-state index in [0.717, 1.165) is 12.2 Å². The van der Waals surface area contributed by atoms with Gasteiger partial charge in [-0.2, -0.15) is 0 Å². The van der Waals surface area contributed by atoms with E-state index in [9.17, 15) is 4.39 Å². The third-order valence-electron chi connectivity index (χ3n) is 2.34. The van der Waals surface area contributed by atoms with E-state index in [-0.39, 0.29) is 5.82 Å². The third-order valence-corrected chi connectivity index (χ3v) is 3.67. The Kier molecular flexibility index (Phi) is 3.46. The molecule has 0 unspecified atom stereocenters. The molecular weight excluding hydrogens is 245 g/mol. The second-order valence-corrected chi connectivity index (χ2v) is 4.91. The van der Waals surface area contributed by atoms with Crippen LogP contribution in [0, 0.1) is 12.7 Å². The van der Waals surface area contributed by atoms with Crippen molar-refractivity contribution in [3.63, 3.8) is 0 Å². The molecule has 0 atom stereocenters. The Bertz CT molecular complexity index is 496. The van der Waals surface area contributed by atoms with Gasteiger partial charge in [0, 0.05) is 11.4 Å². The summed E-state index contributed by atoms with van der Waals surface area (Å²) in [5.74, 6) is -0.317. The van der Waals surface area contributed by atoms with Crippen LogP contribution in [0.2, 0.25) is 5.02 Å².